The number of nitrogens with one attached hydrogen (secondary N) is 1. The second-order valence-corrected chi connectivity index (χ2v) is 5.66. The van der Waals surface area contributed by atoms with Crippen molar-refractivity contribution < 1.29 is 8.78 Å². The summed E-state index contributed by atoms with van der Waals surface area (Å²) in [5.41, 5.74) is 0.661. The van der Waals surface area contributed by atoms with Crippen LogP contribution in [0.1, 0.15) is 37.7 Å². The first-order valence-corrected chi connectivity index (χ1v) is 7.29. The van der Waals surface area contributed by atoms with Crippen molar-refractivity contribution >= 4 is 0 Å². The number of rotatable bonds is 4. The summed E-state index contributed by atoms with van der Waals surface area (Å²) >= 11 is 0. The molecular formula is C16H23F2N. The third kappa shape index (κ3) is 4.00. The van der Waals surface area contributed by atoms with Crippen molar-refractivity contribution in [2.75, 3.05) is 13.6 Å². The maximum atomic E-state index is 13.8. The van der Waals surface area contributed by atoms with Crippen LogP contribution in [0.3, 0.4) is 0 Å². The fourth-order valence-corrected chi connectivity index (χ4v) is 3.23. The molecule has 1 fully saturated rings. The number of hydrogen-bond acceptors (Lipinski definition) is 1. The normalized spacial score (nSPS) is 24.2. The molecule has 1 nitrogen and oxygen atoms in total. The molecule has 0 spiro atoms. The molecule has 1 aromatic rings. The van der Waals surface area contributed by atoms with Crippen LogP contribution in [0.25, 0.3) is 0 Å². The topological polar surface area (TPSA) is 12.0 Å². The van der Waals surface area contributed by atoms with Gasteiger partial charge in [0.05, 0.1) is 0 Å². The average Bonchev–Trinajstić information content (AvgIpc) is 2.59. The Labute approximate surface area is 114 Å². The molecule has 2 rings (SSSR count). The summed E-state index contributed by atoms with van der Waals surface area (Å²) < 4.78 is 26.7. The summed E-state index contributed by atoms with van der Waals surface area (Å²) in [6.45, 7) is 0.994. The van der Waals surface area contributed by atoms with E-state index < -0.39 is 11.6 Å². The van der Waals surface area contributed by atoms with Gasteiger partial charge in [-0.2, -0.15) is 0 Å². The molecule has 106 valence electrons. The van der Waals surface area contributed by atoms with Gasteiger partial charge in [-0.15, -0.1) is 0 Å². The molecule has 2 atom stereocenters. The van der Waals surface area contributed by atoms with Gasteiger partial charge in [-0.3, -0.25) is 0 Å². The maximum absolute atomic E-state index is 13.8. The number of hydrogen-bond donors (Lipinski definition) is 1. The number of halogens is 2. The van der Waals surface area contributed by atoms with Crippen LogP contribution in [0, 0.1) is 23.5 Å². The standard InChI is InChI=1S/C16H23F2N/c1-19-11-14-6-4-2-3-5-12(14)9-13-7-8-15(17)10-16(13)18/h7-8,10,12,14,19H,2-6,9,11H2,1H3. The number of benzene rings is 1. The highest BCUT2D eigenvalue weighted by atomic mass is 19.1. The molecular weight excluding hydrogens is 244 g/mol. The molecule has 1 N–H and O–H groups in total. The minimum Gasteiger partial charge on any atom is -0.319 e. The molecule has 19 heavy (non-hydrogen) atoms. The monoisotopic (exact) mass is 267 g/mol. The Kier molecular flexibility index (Phi) is 5.32. The maximum Gasteiger partial charge on any atom is 0.129 e. The van der Waals surface area contributed by atoms with Crippen molar-refractivity contribution in [2.45, 2.75) is 38.5 Å². The quantitative estimate of drug-likeness (QED) is 0.815. The van der Waals surface area contributed by atoms with Gasteiger partial charge in [0.15, 0.2) is 0 Å². The second kappa shape index (κ2) is 6.99. The van der Waals surface area contributed by atoms with E-state index in [1.165, 1.54) is 31.7 Å². The van der Waals surface area contributed by atoms with Gasteiger partial charge in [-0.05, 0) is 56.3 Å². The summed E-state index contributed by atoms with van der Waals surface area (Å²) in [5.74, 6) is 0.230. The van der Waals surface area contributed by atoms with Crippen molar-refractivity contribution in [3.63, 3.8) is 0 Å². The molecule has 0 aliphatic heterocycles. The van der Waals surface area contributed by atoms with Gasteiger partial charge in [0.25, 0.3) is 0 Å². The summed E-state index contributed by atoms with van der Waals surface area (Å²) in [4.78, 5) is 0. The third-order valence-electron chi connectivity index (χ3n) is 4.28. The predicted molar refractivity (Wildman–Crippen MR) is 74.1 cm³/mol. The van der Waals surface area contributed by atoms with E-state index >= 15 is 0 Å². The Balaban J connectivity index is 2.09. The van der Waals surface area contributed by atoms with Gasteiger partial charge in [-0.1, -0.05) is 25.3 Å². The fraction of sp³-hybridized carbons (Fsp3) is 0.625. The molecule has 0 saturated heterocycles. The minimum absolute atomic E-state index is 0.396. The summed E-state index contributed by atoms with van der Waals surface area (Å²) in [7, 11) is 1.97. The van der Waals surface area contributed by atoms with E-state index in [-0.39, 0.29) is 0 Å². The lowest BCUT2D eigenvalue weighted by molar-refractivity contribution is 0.301. The van der Waals surface area contributed by atoms with Crippen LogP contribution in [0.15, 0.2) is 18.2 Å². The highest BCUT2D eigenvalue weighted by Gasteiger charge is 2.24. The minimum atomic E-state index is -0.492. The molecule has 1 aromatic carbocycles. The summed E-state index contributed by atoms with van der Waals surface area (Å²) in [5, 5.41) is 3.25. The van der Waals surface area contributed by atoms with Crippen molar-refractivity contribution in [1.29, 1.82) is 0 Å². The fourth-order valence-electron chi connectivity index (χ4n) is 3.23. The third-order valence-corrected chi connectivity index (χ3v) is 4.28. The lowest BCUT2D eigenvalue weighted by Crippen LogP contribution is -2.26. The molecule has 0 heterocycles. The van der Waals surface area contributed by atoms with Crippen molar-refractivity contribution in [1.82, 2.24) is 5.32 Å². The van der Waals surface area contributed by atoms with Crippen LogP contribution in [0.2, 0.25) is 0 Å². The van der Waals surface area contributed by atoms with E-state index in [4.69, 9.17) is 0 Å². The molecule has 2 unspecified atom stereocenters. The molecule has 0 aromatic heterocycles. The van der Waals surface area contributed by atoms with Gasteiger partial charge in [0, 0.05) is 6.07 Å². The van der Waals surface area contributed by atoms with Gasteiger partial charge < -0.3 is 5.32 Å². The lowest BCUT2D eigenvalue weighted by atomic mass is 9.83. The molecule has 3 heteroatoms. The van der Waals surface area contributed by atoms with E-state index in [9.17, 15) is 8.78 Å². The van der Waals surface area contributed by atoms with Crippen molar-refractivity contribution in [2.24, 2.45) is 11.8 Å². The van der Waals surface area contributed by atoms with Crippen molar-refractivity contribution in [3.05, 3.63) is 35.4 Å². The van der Waals surface area contributed by atoms with Crippen LogP contribution in [0.5, 0.6) is 0 Å². The van der Waals surface area contributed by atoms with Crippen LogP contribution in [0.4, 0.5) is 8.78 Å². The molecule has 1 aliphatic rings. The summed E-state index contributed by atoms with van der Waals surface area (Å²) in [6, 6.07) is 3.97. The van der Waals surface area contributed by atoms with Crippen LogP contribution < -0.4 is 5.32 Å². The zero-order valence-electron chi connectivity index (χ0n) is 11.6. The van der Waals surface area contributed by atoms with Crippen LogP contribution >= 0.6 is 0 Å². The molecule has 0 amide bonds. The Morgan fingerprint density at radius 2 is 1.84 bits per heavy atom. The van der Waals surface area contributed by atoms with Gasteiger partial charge >= 0.3 is 0 Å². The molecule has 1 saturated carbocycles. The van der Waals surface area contributed by atoms with E-state index in [2.05, 4.69) is 5.32 Å². The zero-order valence-corrected chi connectivity index (χ0v) is 11.6. The SMILES string of the molecule is CNCC1CCCCCC1Cc1ccc(F)cc1F. The average molecular weight is 267 g/mol. The van der Waals surface area contributed by atoms with Crippen LogP contribution in [-0.2, 0) is 6.42 Å². The second-order valence-electron chi connectivity index (χ2n) is 5.66. The highest BCUT2D eigenvalue weighted by molar-refractivity contribution is 5.19. The van der Waals surface area contributed by atoms with Gasteiger partial charge in [0.1, 0.15) is 11.6 Å². The van der Waals surface area contributed by atoms with Gasteiger partial charge in [-0.25, -0.2) is 8.78 Å². The zero-order chi connectivity index (χ0) is 13.7. The molecule has 0 radical (unpaired) electrons. The Bertz CT molecular complexity index is 406. The van der Waals surface area contributed by atoms with Crippen molar-refractivity contribution in [3.8, 4) is 0 Å². The highest BCUT2D eigenvalue weighted by Crippen LogP contribution is 2.31. The molecule has 0 bridgehead atoms. The van der Waals surface area contributed by atoms with E-state index in [1.807, 2.05) is 7.05 Å². The van der Waals surface area contributed by atoms with E-state index in [0.29, 0.717) is 17.4 Å². The Hall–Kier alpha value is -0.960. The lowest BCUT2D eigenvalue weighted by Gasteiger charge is -2.25. The molecule has 1 aliphatic carbocycles. The predicted octanol–water partition coefficient (Wildman–Crippen LogP) is 3.92. The van der Waals surface area contributed by atoms with E-state index in [1.54, 1.807) is 6.07 Å². The Morgan fingerprint density at radius 1 is 1.11 bits per heavy atom. The summed E-state index contributed by atoms with van der Waals surface area (Å²) in [6.07, 6.45) is 6.89. The first-order chi connectivity index (χ1) is 9.20. The van der Waals surface area contributed by atoms with E-state index in [0.717, 1.165) is 25.5 Å². The van der Waals surface area contributed by atoms with Gasteiger partial charge in [0.2, 0.25) is 0 Å². The van der Waals surface area contributed by atoms with Crippen LogP contribution in [-0.4, -0.2) is 13.6 Å². The Morgan fingerprint density at radius 3 is 2.53 bits per heavy atom. The largest absolute Gasteiger partial charge is 0.319 e. The first-order valence-electron chi connectivity index (χ1n) is 7.29. The smallest absolute Gasteiger partial charge is 0.129 e. The first kappa shape index (κ1) is 14.4.